The van der Waals surface area contributed by atoms with E-state index in [9.17, 15) is 8.42 Å². The van der Waals surface area contributed by atoms with E-state index in [1.807, 2.05) is 6.92 Å². The predicted molar refractivity (Wildman–Crippen MR) is 135 cm³/mol. The number of piperidine rings is 1. The summed E-state index contributed by atoms with van der Waals surface area (Å²) < 4.78 is 26.1. The molecule has 2 fully saturated rings. The van der Waals surface area contributed by atoms with Gasteiger partial charge < -0.3 is 10.6 Å². The summed E-state index contributed by atoms with van der Waals surface area (Å²) in [5, 5.41) is 7.04. The molecular weight excluding hydrogens is 511 g/mol. The van der Waals surface area contributed by atoms with Crippen molar-refractivity contribution < 1.29 is 8.42 Å². The molecule has 1 aromatic carbocycles. The third-order valence-corrected chi connectivity index (χ3v) is 8.09. The SMILES string of the molecule is CCCS(=O)(=O)N1CCC(NC(=NC)NC2CC2c2ccc(C(C)C)cc2)CC1.I. The zero-order valence-corrected chi connectivity index (χ0v) is 21.7. The minimum absolute atomic E-state index is 0. The van der Waals surface area contributed by atoms with Crippen LogP contribution in [0.25, 0.3) is 0 Å². The number of benzene rings is 1. The van der Waals surface area contributed by atoms with Crippen LogP contribution in [0.15, 0.2) is 29.3 Å². The second-order valence-corrected chi connectivity index (χ2v) is 10.7. The molecule has 1 aliphatic carbocycles. The summed E-state index contributed by atoms with van der Waals surface area (Å²) in [6.45, 7) is 7.52. The Morgan fingerprint density at radius 2 is 1.80 bits per heavy atom. The van der Waals surface area contributed by atoms with Crippen molar-refractivity contribution >= 4 is 40.0 Å². The molecule has 1 heterocycles. The van der Waals surface area contributed by atoms with Crippen LogP contribution in [-0.2, 0) is 10.0 Å². The first-order chi connectivity index (χ1) is 13.8. The van der Waals surface area contributed by atoms with Gasteiger partial charge in [0.1, 0.15) is 0 Å². The topological polar surface area (TPSA) is 73.8 Å². The lowest BCUT2D eigenvalue weighted by atomic mass is 10.0. The fraction of sp³-hybridized carbons (Fsp3) is 0.682. The van der Waals surface area contributed by atoms with Crippen LogP contribution in [0.2, 0.25) is 0 Å². The second kappa shape index (κ2) is 11.1. The number of hydrogen-bond acceptors (Lipinski definition) is 3. The Hall–Kier alpha value is -0.870. The summed E-state index contributed by atoms with van der Waals surface area (Å²) in [6.07, 6.45) is 3.41. The van der Waals surface area contributed by atoms with E-state index >= 15 is 0 Å². The zero-order valence-electron chi connectivity index (χ0n) is 18.6. The Morgan fingerprint density at radius 3 is 2.33 bits per heavy atom. The largest absolute Gasteiger partial charge is 0.354 e. The monoisotopic (exact) mass is 548 g/mol. The van der Waals surface area contributed by atoms with Crippen LogP contribution in [0, 0.1) is 0 Å². The average molecular weight is 549 g/mol. The van der Waals surface area contributed by atoms with Gasteiger partial charge in [-0.1, -0.05) is 45.0 Å². The van der Waals surface area contributed by atoms with E-state index < -0.39 is 10.0 Å². The van der Waals surface area contributed by atoms with Crippen molar-refractivity contribution in [3.8, 4) is 0 Å². The molecule has 0 bridgehead atoms. The van der Waals surface area contributed by atoms with Gasteiger partial charge in [0.15, 0.2) is 5.96 Å². The van der Waals surface area contributed by atoms with E-state index in [2.05, 4.69) is 53.7 Å². The van der Waals surface area contributed by atoms with Gasteiger partial charge in [0.2, 0.25) is 10.0 Å². The molecule has 1 saturated heterocycles. The van der Waals surface area contributed by atoms with Crippen LogP contribution in [0.5, 0.6) is 0 Å². The molecule has 2 aliphatic rings. The van der Waals surface area contributed by atoms with Crippen LogP contribution in [-0.4, -0.2) is 56.7 Å². The third kappa shape index (κ3) is 6.56. The third-order valence-electron chi connectivity index (χ3n) is 6.02. The average Bonchev–Trinajstić information content (AvgIpc) is 3.47. The summed E-state index contributed by atoms with van der Waals surface area (Å²) in [5.74, 6) is 2.17. The molecule has 0 aromatic heterocycles. The lowest BCUT2D eigenvalue weighted by Crippen LogP contribution is -2.50. The Balaban J connectivity index is 0.00000320. The van der Waals surface area contributed by atoms with Crippen LogP contribution in [0.1, 0.15) is 69.4 Å². The van der Waals surface area contributed by atoms with Gasteiger partial charge in [-0.15, -0.1) is 24.0 Å². The fourth-order valence-corrected chi connectivity index (χ4v) is 5.60. The van der Waals surface area contributed by atoms with E-state index in [1.165, 1.54) is 11.1 Å². The summed E-state index contributed by atoms with van der Waals surface area (Å²) in [5.41, 5.74) is 2.76. The normalized spacial score (nSPS) is 23.2. The Bertz CT molecular complexity index is 803. The van der Waals surface area contributed by atoms with Gasteiger partial charge in [-0.2, -0.15) is 0 Å². The van der Waals surface area contributed by atoms with Crippen LogP contribution in [0.3, 0.4) is 0 Å². The van der Waals surface area contributed by atoms with Gasteiger partial charge in [-0.3, -0.25) is 4.99 Å². The van der Waals surface area contributed by atoms with Crippen molar-refractivity contribution in [2.75, 3.05) is 25.9 Å². The van der Waals surface area contributed by atoms with E-state index in [4.69, 9.17) is 0 Å². The van der Waals surface area contributed by atoms with E-state index in [0.717, 1.165) is 25.2 Å². The summed E-state index contributed by atoms with van der Waals surface area (Å²) >= 11 is 0. The van der Waals surface area contributed by atoms with Gasteiger partial charge in [-0.05, 0) is 42.7 Å². The number of rotatable bonds is 7. The maximum atomic E-state index is 12.2. The maximum absolute atomic E-state index is 12.2. The van der Waals surface area contributed by atoms with Crippen molar-refractivity contribution in [3.05, 3.63) is 35.4 Å². The molecule has 1 aromatic rings. The summed E-state index contributed by atoms with van der Waals surface area (Å²) in [6, 6.07) is 9.66. The second-order valence-electron chi connectivity index (χ2n) is 8.62. The van der Waals surface area contributed by atoms with Crippen molar-refractivity contribution in [1.82, 2.24) is 14.9 Å². The Morgan fingerprint density at radius 1 is 1.17 bits per heavy atom. The fourth-order valence-electron chi connectivity index (χ4n) is 4.06. The standard InChI is InChI=1S/C22H36N4O2S.HI/c1-5-14-29(27,28)26-12-10-19(11-13-26)24-22(23-4)25-21-15-20(21)18-8-6-17(7-9-18)16(2)3;/h6-9,16,19-21H,5,10-15H2,1-4H3,(H2,23,24,25);1H. The molecule has 1 saturated carbocycles. The molecule has 2 unspecified atom stereocenters. The zero-order chi connectivity index (χ0) is 21.0. The van der Waals surface area contributed by atoms with Gasteiger partial charge in [0, 0.05) is 38.1 Å². The number of sulfonamides is 1. The predicted octanol–water partition coefficient (Wildman–Crippen LogP) is 3.65. The first-order valence-corrected chi connectivity index (χ1v) is 12.5. The van der Waals surface area contributed by atoms with Crippen LogP contribution in [0.4, 0.5) is 0 Å². The molecule has 30 heavy (non-hydrogen) atoms. The molecule has 0 amide bonds. The van der Waals surface area contributed by atoms with Gasteiger partial charge in [-0.25, -0.2) is 12.7 Å². The molecule has 170 valence electrons. The highest BCUT2D eigenvalue weighted by Gasteiger charge is 2.39. The summed E-state index contributed by atoms with van der Waals surface area (Å²) in [4.78, 5) is 4.39. The first-order valence-electron chi connectivity index (χ1n) is 10.9. The van der Waals surface area contributed by atoms with Crippen LogP contribution >= 0.6 is 24.0 Å². The molecule has 2 atom stereocenters. The van der Waals surface area contributed by atoms with Crippen molar-refractivity contribution in [3.63, 3.8) is 0 Å². The number of aliphatic imine (C=N–C) groups is 1. The number of guanidine groups is 1. The Kier molecular flexibility index (Phi) is 9.42. The maximum Gasteiger partial charge on any atom is 0.214 e. The molecule has 3 rings (SSSR count). The van der Waals surface area contributed by atoms with Gasteiger partial charge in [0.05, 0.1) is 5.75 Å². The molecule has 8 heteroatoms. The highest BCUT2D eigenvalue weighted by molar-refractivity contribution is 14.0. The van der Waals surface area contributed by atoms with Crippen LogP contribution < -0.4 is 10.6 Å². The number of nitrogens with one attached hydrogen (secondary N) is 2. The lowest BCUT2D eigenvalue weighted by Gasteiger charge is -2.32. The summed E-state index contributed by atoms with van der Waals surface area (Å²) in [7, 11) is -1.29. The van der Waals surface area contributed by atoms with Crippen molar-refractivity contribution in [2.24, 2.45) is 4.99 Å². The highest BCUT2D eigenvalue weighted by atomic mass is 127. The van der Waals surface area contributed by atoms with Gasteiger partial charge >= 0.3 is 0 Å². The molecule has 2 N–H and O–H groups in total. The molecule has 0 spiro atoms. The quantitative estimate of drug-likeness (QED) is 0.310. The molecule has 0 radical (unpaired) electrons. The van der Waals surface area contributed by atoms with Crippen molar-refractivity contribution in [1.29, 1.82) is 0 Å². The minimum atomic E-state index is -3.09. The lowest BCUT2D eigenvalue weighted by molar-refractivity contribution is 0.306. The van der Waals surface area contributed by atoms with E-state index in [0.29, 0.717) is 37.4 Å². The van der Waals surface area contributed by atoms with E-state index in [-0.39, 0.29) is 35.8 Å². The van der Waals surface area contributed by atoms with E-state index in [1.54, 1.807) is 11.4 Å². The Labute approximate surface area is 199 Å². The first kappa shape index (κ1) is 25.4. The number of hydrogen-bond donors (Lipinski definition) is 2. The highest BCUT2D eigenvalue weighted by Crippen LogP contribution is 2.41. The molecule has 6 nitrogen and oxygen atoms in total. The molecule has 1 aliphatic heterocycles. The van der Waals surface area contributed by atoms with Gasteiger partial charge in [0.25, 0.3) is 0 Å². The number of nitrogens with zero attached hydrogens (tertiary/aromatic N) is 2. The molecular formula is C22H37IN4O2S. The minimum Gasteiger partial charge on any atom is -0.354 e. The smallest absolute Gasteiger partial charge is 0.214 e. The number of halogens is 1. The van der Waals surface area contributed by atoms with Crippen molar-refractivity contribution in [2.45, 2.75) is 70.4 Å².